The van der Waals surface area contributed by atoms with Crippen LogP contribution in [0, 0.1) is 0 Å². The number of rotatable bonds is 6. The van der Waals surface area contributed by atoms with Crippen molar-refractivity contribution in [3.05, 3.63) is 275 Å². The van der Waals surface area contributed by atoms with E-state index < -0.39 is 5.41 Å². The van der Waals surface area contributed by atoms with Crippen LogP contribution in [0.3, 0.4) is 0 Å². The second kappa shape index (κ2) is 19.2. The summed E-state index contributed by atoms with van der Waals surface area (Å²) in [4.78, 5) is 4.98. The molecule has 4 nitrogen and oxygen atoms in total. The first kappa shape index (κ1) is 54.7. The molecule has 14 aromatic rings. The van der Waals surface area contributed by atoms with E-state index in [4.69, 9.17) is 8.83 Å². The minimum absolute atomic E-state index is 0.0157. The van der Waals surface area contributed by atoms with Gasteiger partial charge in [-0.3, -0.25) is 0 Å². The smallest absolute Gasteiger partial charge is 0.145 e. The third-order valence-corrected chi connectivity index (χ3v) is 19.7. The topological polar surface area (TPSA) is 32.8 Å². The zero-order valence-electron chi connectivity index (χ0n) is 53.2. The molecule has 0 N–H and O–H groups in total. The minimum Gasteiger partial charge on any atom is -0.456 e. The third-order valence-electron chi connectivity index (χ3n) is 19.7. The molecule has 0 saturated carbocycles. The minimum atomic E-state index is -0.742. The lowest BCUT2D eigenvalue weighted by Crippen LogP contribution is -2.26. The standard InChI is InChI=1S/C85H74N2O2/c1-81(2,3)52-29-37-56(38-30-52)86(57-39-31-53(32-40-57)82(4,5)6)73-50-72-78(67-48-66-62-23-15-19-27-75(62)88-77(66)49-65(67)73)68-47-64-51(45-71(68)85(72)69-25-17-13-21-60(69)61-22-14-18-26-70(61)85)46-74(79-63-24-16-20-28-76(63)89-80(64)79)87(58-41-33-54(34-42-58)83(7,8)9)59-43-35-55(36-44-59)84(10,11)12/h13-50H,1-12H3. The fraction of sp³-hybridized carbons (Fsp3) is 0.200. The molecule has 2 aliphatic rings. The summed E-state index contributed by atoms with van der Waals surface area (Å²) in [6, 6.07) is 87.5. The fourth-order valence-electron chi connectivity index (χ4n) is 15.0. The summed E-state index contributed by atoms with van der Waals surface area (Å²) in [6.07, 6.45) is 0. The van der Waals surface area contributed by atoms with Crippen LogP contribution in [0.4, 0.5) is 34.1 Å². The first-order chi connectivity index (χ1) is 42.6. The van der Waals surface area contributed by atoms with Crippen LogP contribution in [0.15, 0.2) is 239 Å². The van der Waals surface area contributed by atoms with Gasteiger partial charge >= 0.3 is 0 Å². The van der Waals surface area contributed by atoms with Crippen LogP contribution in [0.2, 0.25) is 0 Å². The summed E-state index contributed by atoms with van der Waals surface area (Å²) in [5, 5.41) is 8.79. The Balaban J connectivity index is 1.06. The molecule has 2 heterocycles. The first-order valence-corrected chi connectivity index (χ1v) is 31.7. The van der Waals surface area contributed by atoms with E-state index in [9.17, 15) is 0 Å². The second-order valence-electron chi connectivity index (χ2n) is 29.3. The number of para-hydroxylation sites is 2. The number of nitrogens with zero attached hydrogens (tertiary/aromatic N) is 2. The Hall–Kier alpha value is -9.64. The van der Waals surface area contributed by atoms with E-state index in [1.54, 1.807) is 0 Å². The van der Waals surface area contributed by atoms with Crippen molar-refractivity contribution in [2.75, 3.05) is 9.80 Å². The molecule has 0 aliphatic heterocycles. The van der Waals surface area contributed by atoms with Crippen LogP contribution in [0.5, 0.6) is 0 Å². The molecule has 0 saturated heterocycles. The van der Waals surface area contributed by atoms with Gasteiger partial charge in [0.15, 0.2) is 0 Å². The normalized spacial score (nSPS) is 13.7. The summed E-state index contributed by atoms with van der Waals surface area (Å²) in [7, 11) is 0. The molecular formula is C85H74N2O2. The number of hydrogen-bond acceptors (Lipinski definition) is 4. The molecule has 0 radical (unpaired) electrons. The van der Waals surface area contributed by atoms with E-state index in [1.807, 2.05) is 0 Å². The van der Waals surface area contributed by atoms with E-state index >= 15 is 0 Å². The van der Waals surface area contributed by atoms with E-state index in [1.165, 1.54) is 72.1 Å². The Labute approximate surface area is 522 Å². The molecule has 1 spiro atoms. The van der Waals surface area contributed by atoms with Gasteiger partial charge in [-0.05, 0) is 196 Å². The quantitative estimate of drug-likeness (QED) is 0.166. The van der Waals surface area contributed by atoms with Gasteiger partial charge in [0.05, 0.1) is 22.2 Å². The summed E-state index contributed by atoms with van der Waals surface area (Å²) in [5.74, 6) is 0. The van der Waals surface area contributed by atoms with E-state index in [0.29, 0.717) is 0 Å². The van der Waals surface area contributed by atoms with Gasteiger partial charge in [-0.15, -0.1) is 0 Å². The lowest BCUT2D eigenvalue weighted by molar-refractivity contribution is 0.590. The third kappa shape index (κ3) is 8.32. The Morgan fingerprint density at radius 1 is 0.292 bits per heavy atom. The van der Waals surface area contributed by atoms with Crippen LogP contribution in [0.1, 0.15) is 128 Å². The average Bonchev–Trinajstić information content (AvgIpc) is 1.50. The van der Waals surface area contributed by atoms with Crippen molar-refractivity contribution in [2.24, 2.45) is 0 Å². The van der Waals surface area contributed by atoms with Crippen LogP contribution in [-0.2, 0) is 27.1 Å². The zero-order valence-corrected chi connectivity index (χ0v) is 53.2. The number of anilines is 6. The van der Waals surface area contributed by atoms with Crippen molar-refractivity contribution in [2.45, 2.75) is 110 Å². The van der Waals surface area contributed by atoms with Crippen molar-refractivity contribution in [1.82, 2.24) is 0 Å². The zero-order chi connectivity index (χ0) is 61.3. The lowest BCUT2D eigenvalue weighted by atomic mass is 9.70. The van der Waals surface area contributed by atoms with Gasteiger partial charge in [0.2, 0.25) is 0 Å². The first-order valence-electron chi connectivity index (χ1n) is 31.7. The van der Waals surface area contributed by atoms with Gasteiger partial charge in [-0.1, -0.05) is 217 Å². The molecular weight excluding hydrogens is 1080 g/mol. The van der Waals surface area contributed by atoms with Crippen LogP contribution in [0.25, 0.3) is 87.7 Å². The van der Waals surface area contributed by atoms with Crippen molar-refractivity contribution >= 4 is 99.5 Å². The van der Waals surface area contributed by atoms with Crippen LogP contribution in [-0.4, -0.2) is 0 Å². The molecule has 0 bridgehead atoms. The van der Waals surface area contributed by atoms with Crippen molar-refractivity contribution in [3.8, 4) is 22.3 Å². The molecule has 0 fully saturated rings. The van der Waals surface area contributed by atoms with Gasteiger partial charge in [0.1, 0.15) is 22.3 Å². The molecule has 16 rings (SSSR count). The largest absolute Gasteiger partial charge is 0.456 e. The number of furan rings is 2. The average molecular weight is 1160 g/mol. The molecule has 2 aliphatic carbocycles. The highest BCUT2D eigenvalue weighted by Gasteiger charge is 2.53. The Bertz CT molecular complexity index is 5040. The van der Waals surface area contributed by atoms with E-state index in [0.717, 1.165) is 94.2 Å². The molecule has 0 amide bonds. The summed E-state index contributed by atoms with van der Waals surface area (Å²) in [6.45, 7) is 27.5. The maximum atomic E-state index is 7.38. The van der Waals surface area contributed by atoms with Crippen LogP contribution >= 0.6 is 0 Å². The summed E-state index contributed by atoms with van der Waals surface area (Å²) < 4.78 is 14.3. The van der Waals surface area contributed by atoms with E-state index in [-0.39, 0.29) is 21.7 Å². The molecule has 436 valence electrons. The highest BCUT2D eigenvalue weighted by Crippen LogP contribution is 2.66. The molecule has 0 unspecified atom stereocenters. The van der Waals surface area contributed by atoms with Gasteiger partial charge < -0.3 is 18.6 Å². The molecule has 0 atom stereocenters. The van der Waals surface area contributed by atoms with Crippen molar-refractivity contribution < 1.29 is 8.83 Å². The Kier molecular flexibility index (Phi) is 11.8. The molecule has 4 heteroatoms. The SMILES string of the molecule is CC(C)(C)c1ccc(N(c2ccc(C(C)(C)C)cc2)c2cc3c(c4cc5c(cc24)oc2ccccc25)-c2cc4c(cc2C32c3ccccc3-c3ccccc32)cc(N(c2ccc(C(C)(C)C)cc2)c2ccc(C(C)(C)C)cc2)c2c3ccccc3oc42)cc1. The van der Waals surface area contributed by atoms with Gasteiger partial charge in [-0.25, -0.2) is 0 Å². The monoisotopic (exact) mass is 1150 g/mol. The Morgan fingerprint density at radius 2 is 0.730 bits per heavy atom. The maximum Gasteiger partial charge on any atom is 0.145 e. The fourth-order valence-corrected chi connectivity index (χ4v) is 15.0. The van der Waals surface area contributed by atoms with Crippen molar-refractivity contribution in [1.29, 1.82) is 0 Å². The highest BCUT2D eigenvalue weighted by atomic mass is 16.3. The Morgan fingerprint density at radius 3 is 1.22 bits per heavy atom. The summed E-state index contributed by atoms with van der Waals surface area (Å²) in [5.41, 5.74) is 24.2. The lowest BCUT2D eigenvalue weighted by Gasteiger charge is -2.33. The van der Waals surface area contributed by atoms with Gasteiger partial charge in [0, 0.05) is 49.7 Å². The second-order valence-corrected chi connectivity index (χ2v) is 29.3. The highest BCUT2D eigenvalue weighted by molar-refractivity contribution is 6.25. The van der Waals surface area contributed by atoms with Gasteiger partial charge in [0.25, 0.3) is 0 Å². The predicted octanol–water partition coefficient (Wildman–Crippen LogP) is 24.3. The summed E-state index contributed by atoms with van der Waals surface area (Å²) >= 11 is 0. The number of hydrogen-bond donors (Lipinski definition) is 0. The molecule has 12 aromatic carbocycles. The van der Waals surface area contributed by atoms with Gasteiger partial charge in [-0.2, -0.15) is 0 Å². The number of fused-ring (bicyclic) bond motifs is 20. The van der Waals surface area contributed by atoms with Crippen LogP contribution < -0.4 is 9.80 Å². The maximum absolute atomic E-state index is 7.38. The number of benzene rings is 12. The van der Waals surface area contributed by atoms with E-state index in [2.05, 4.69) is 323 Å². The molecule has 89 heavy (non-hydrogen) atoms. The molecule has 2 aromatic heterocycles. The van der Waals surface area contributed by atoms with Crippen molar-refractivity contribution in [3.63, 3.8) is 0 Å². The predicted molar refractivity (Wildman–Crippen MR) is 376 cm³/mol.